The van der Waals surface area contributed by atoms with Crippen LogP contribution < -0.4 is 0 Å². The third-order valence-corrected chi connectivity index (χ3v) is 3.39. The van der Waals surface area contributed by atoms with Crippen LogP contribution in [0.4, 0.5) is 0 Å². The molecule has 1 aliphatic rings. The smallest absolute Gasteiger partial charge is 0.173 e. The van der Waals surface area contributed by atoms with E-state index in [1.165, 1.54) is 6.21 Å². The molecule has 1 aliphatic carbocycles. The van der Waals surface area contributed by atoms with E-state index >= 15 is 0 Å². The molecule has 1 unspecified atom stereocenters. The number of rotatable bonds is 5. The monoisotopic (exact) mass is 287 g/mol. The van der Waals surface area contributed by atoms with Gasteiger partial charge in [0.15, 0.2) is 11.6 Å². The van der Waals surface area contributed by atoms with Crippen LogP contribution in [0.5, 0.6) is 0 Å². The lowest BCUT2D eigenvalue weighted by atomic mass is 9.83. The fraction of sp³-hybridized carbons (Fsp3) is 0.312. The summed E-state index contributed by atoms with van der Waals surface area (Å²) in [5.74, 6) is -1.36. The molecular formula is C16H17NO4. The number of aliphatic imine (C=N–C) groups is 1. The maximum Gasteiger partial charge on any atom is 0.173 e. The first kappa shape index (κ1) is 15.1. The minimum absolute atomic E-state index is 0.0731. The van der Waals surface area contributed by atoms with Crippen molar-refractivity contribution in [3.63, 3.8) is 0 Å². The zero-order valence-electron chi connectivity index (χ0n) is 11.5. The summed E-state index contributed by atoms with van der Waals surface area (Å²) in [6.45, 7) is 0.0203. The number of carbonyl (C=O) groups excluding carboxylic acids is 2. The quantitative estimate of drug-likeness (QED) is 0.637. The van der Waals surface area contributed by atoms with Gasteiger partial charge in [-0.1, -0.05) is 30.3 Å². The van der Waals surface area contributed by atoms with E-state index in [1.54, 1.807) is 24.3 Å². The Morgan fingerprint density at radius 2 is 2.05 bits per heavy atom. The fourth-order valence-corrected chi connectivity index (χ4v) is 2.29. The summed E-state index contributed by atoms with van der Waals surface area (Å²) in [6, 6.07) is 8.69. The highest BCUT2D eigenvalue weighted by Gasteiger charge is 2.32. The molecule has 0 radical (unpaired) electrons. The largest absolute Gasteiger partial charge is 0.511 e. The molecule has 5 nitrogen and oxygen atoms in total. The van der Waals surface area contributed by atoms with Gasteiger partial charge in [-0.25, -0.2) is 0 Å². The van der Waals surface area contributed by atoms with Gasteiger partial charge >= 0.3 is 0 Å². The van der Waals surface area contributed by atoms with E-state index in [2.05, 4.69) is 4.99 Å². The maximum absolute atomic E-state index is 12.4. The number of nitrogens with zero attached hydrogens (tertiary/aromatic N) is 1. The molecule has 0 saturated carbocycles. The van der Waals surface area contributed by atoms with E-state index < -0.39 is 5.92 Å². The maximum atomic E-state index is 12.4. The standard InChI is InChI=1S/C16H17NO4/c18-9-8-17-10-13-14(19)7-6-12(16(13)21)15(20)11-4-2-1-3-5-11/h1-5,10,12,18,21H,6-9H2. The number of aliphatic hydroxyl groups is 2. The molecule has 21 heavy (non-hydrogen) atoms. The van der Waals surface area contributed by atoms with Gasteiger partial charge in [0.2, 0.25) is 0 Å². The zero-order chi connectivity index (χ0) is 15.2. The molecule has 0 bridgehead atoms. The molecule has 0 aromatic heterocycles. The van der Waals surface area contributed by atoms with Gasteiger partial charge in [-0.05, 0) is 6.42 Å². The Labute approximate surface area is 122 Å². The van der Waals surface area contributed by atoms with Crippen LogP contribution >= 0.6 is 0 Å². The minimum atomic E-state index is -0.708. The van der Waals surface area contributed by atoms with Crippen LogP contribution in [0.3, 0.4) is 0 Å². The van der Waals surface area contributed by atoms with Crippen LogP contribution in [-0.2, 0) is 4.79 Å². The minimum Gasteiger partial charge on any atom is -0.511 e. The number of ketones is 2. The summed E-state index contributed by atoms with van der Waals surface area (Å²) >= 11 is 0. The summed E-state index contributed by atoms with van der Waals surface area (Å²) in [5.41, 5.74) is 0.582. The van der Waals surface area contributed by atoms with Crippen molar-refractivity contribution in [2.24, 2.45) is 10.9 Å². The number of hydrogen-bond acceptors (Lipinski definition) is 5. The van der Waals surface area contributed by atoms with Crippen LogP contribution in [-0.4, -0.2) is 41.1 Å². The Bertz CT molecular complexity index is 590. The van der Waals surface area contributed by atoms with Crippen LogP contribution in [0.2, 0.25) is 0 Å². The molecule has 2 N–H and O–H groups in total. The second kappa shape index (κ2) is 6.95. The molecular weight excluding hydrogens is 270 g/mol. The summed E-state index contributed by atoms with van der Waals surface area (Å²) in [7, 11) is 0. The first-order valence-corrected chi connectivity index (χ1v) is 6.81. The highest BCUT2D eigenvalue weighted by Crippen LogP contribution is 2.28. The van der Waals surface area contributed by atoms with Gasteiger partial charge in [0.25, 0.3) is 0 Å². The predicted octanol–water partition coefficient (Wildman–Crippen LogP) is 1.72. The van der Waals surface area contributed by atoms with Crippen molar-refractivity contribution in [3.8, 4) is 0 Å². The van der Waals surface area contributed by atoms with Gasteiger partial charge < -0.3 is 10.2 Å². The highest BCUT2D eigenvalue weighted by molar-refractivity contribution is 6.16. The molecule has 0 heterocycles. The lowest BCUT2D eigenvalue weighted by molar-refractivity contribution is -0.116. The number of hydrogen-bond donors (Lipinski definition) is 2. The molecule has 1 aromatic rings. The Kier molecular flexibility index (Phi) is 5.00. The van der Waals surface area contributed by atoms with E-state index in [0.717, 1.165) is 0 Å². The van der Waals surface area contributed by atoms with Crippen LogP contribution in [0.1, 0.15) is 23.2 Å². The molecule has 0 aliphatic heterocycles. The van der Waals surface area contributed by atoms with E-state index in [-0.39, 0.29) is 42.5 Å². The van der Waals surface area contributed by atoms with Crippen LogP contribution in [0.15, 0.2) is 46.7 Å². The second-order valence-electron chi connectivity index (χ2n) is 4.80. The topological polar surface area (TPSA) is 87.0 Å². The van der Waals surface area contributed by atoms with E-state index in [1.807, 2.05) is 6.07 Å². The average Bonchev–Trinajstić information content (AvgIpc) is 2.51. The summed E-state index contributed by atoms with van der Waals surface area (Å²) in [6.07, 6.45) is 1.75. The van der Waals surface area contributed by atoms with Gasteiger partial charge in [0, 0.05) is 18.2 Å². The number of aliphatic hydroxyl groups excluding tert-OH is 2. The molecule has 5 heteroatoms. The SMILES string of the molecule is O=C1CCC(C(=O)c2ccccc2)C(O)=C1C=NCCO. The lowest BCUT2D eigenvalue weighted by Gasteiger charge is -2.21. The van der Waals surface area contributed by atoms with Gasteiger partial charge in [-0.15, -0.1) is 0 Å². The predicted molar refractivity (Wildman–Crippen MR) is 78.6 cm³/mol. The van der Waals surface area contributed by atoms with Crippen molar-refractivity contribution in [3.05, 3.63) is 47.2 Å². The van der Waals surface area contributed by atoms with Crippen molar-refractivity contribution in [2.45, 2.75) is 12.8 Å². The molecule has 110 valence electrons. The molecule has 0 fully saturated rings. The first-order valence-electron chi connectivity index (χ1n) is 6.81. The third kappa shape index (κ3) is 3.44. The molecule has 1 aromatic carbocycles. The molecule has 0 saturated heterocycles. The second-order valence-corrected chi connectivity index (χ2v) is 4.80. The van der Waals surface area contributed by atoms with Gasteiger partial charge in [-0.3, -0.25) is 14.6 Å². The number of Topliss-reactive ketones (excluding diaryl/α,β-unsaturated/α-hetero) is 2. The third-order valence-electron chi connectivity index (χ3n) is 3.39. The summed E-state index contributed by atoms with van der Waals surface area (Å²) < 4.78 is 0. The van der Waals surface area contributed by atoms with Gasteiger partial charge in [-0.2, -0.15) is 0 Å². The van der Waals surface area contributed by atoms with Crippen molar-refractivity contribution in [1.82, 2.24) is 0 Å². The van der Waals surface area contributed by atoms with Crippen LogP contribution in [0.25, 0.3) is 0 Å². The Balaban J connectivity index is 2.28. The lowest BCUT2D eigenvalue weighted by Crippen LogP contribution is -2.26. The molecule has 0 spiro atoms. The van der Waals surface area contributed by atoms with Crippen molar-refractivity contribution < 1.29 is 19.8 Å². The summed E-state index contributed by atoms with van der Waals surface area (Å²) in [5, 5.41) is 18.9. The number of allylic oxidation sites excluding steroid dienone is 2. The Hall–Kier alpha value is -2.27. The molecule has 0 amide bonds. The summed E-state index contributed by atoms with van der Waals surface area (Å²) in [4.78, 5) is 28.1. The van der Waals surface area contributed by atoms with Gasteiger partial charge in [0.05, 0.1) is 24.6 Å². The Morgan fingerprint density at radius 1 is 1.33 bits per heavy atom. The van der Waals surface area contributed by atoms with E-state index in [9.17, 15) is 14.7 Å². The van der Waals surface area contributed by atoms with Crippen molar-refractivity contribution >= 4 is 17.8 Å². The number of carbonyl (C=O) groups is 2. The van der Waals surface area contributed by atoms with Crippen molar-refractivity contribution in [1.29, 1.82) is 0 Å². The first-order chi connectivity index (χ1) is 10.1. The Morgan fingerprint density at radius 3 is 2.71 bits per heavy atom. The molecule has 2 rings (SSSR count). The average molecular weight is 287 g/mol. The number of benzene rings is 1. The normalized spacial score (nSPS) is 19.3. The fourth-order valence-electron chi connectivity index (χ4n) is 2.29. The zero-order valence-corrected chi connectivity index (χ0v) is 11.5. The van der Waals surface area contributed by atoms with E-state index in [4.69, 9.17) is 5.11 Å². The van der Waals surface area contributed by atoms with Crippen molar-refractivity contribution in [2.75, 3.05) is 13.2 Å². The van der Waals surface area contributed by atoms with E-state index in [0.29, 0.717) is 12.0 Å². The highest BCUT2D eigenvalue weighted by atomic mass is 16.3. The molecule has 1 atom stereocenters. The van der Waals surface area contributed by atoms with Crippen LogP contribution in [0, 0.1) is 5.92 Å². The van der Waals surface area contributed by atoms with Gasteiger partial charge in [0.1, 0.15) is 5.76 Å².